The lowest BCUT2D eigenvalue weighted by Crippen LogP contribution is -2.43. The highest BCUT2D eigenvalue weighted by molar-refractivity contribution is 6.30. The fraction of sp³-hybridized carbons (Fsp3) is 0.467. The number of hydrogen-bond acceptors (Lipinski definition) is 3. The Balaban J connectivity index is 2.22. The third-order valence-corrected chi connectivity index (χ3v) is 4.14. The van der Waals surface area contributed by atoms with Crippen molar-refractivity contribution in [1.29, 1.82) is 0 Å². The van der Waals surface area contributed by atoms with Crippen molar-refractivity contribution in [2.75, 3.05) is 13.7 Å². The van der Waals surface area contributed by atoms with E-state index in [1.54, 1.807) is 30.2 Å². The Bertz CT molecular complexity index is 570. The summed E-state index contributed by atoms with van der Waals surface area (Å²) in [6.45, 7) is 2.70. The zero-order valence-electron chi connectivity index (χ0n) is 12.2. The van der Waals surface area contributed by atoms with Gasteiger partial charge in [0.2, 0.25) is 11.8 Å². The standard InChI is InChI=1S/C15H19ClN2O3/c1-3-18(14(20)15(6-7-15)13(17)19)9-10-8-11(16)4-5-12(10)21-2/h4-5,8H,3,6-7,9H2,1-2H3,(H2,17,19). The molecular weight excluding hydrogens is 292 g/mol. The molecule has 0 atom stereocenters. The van der Waals surface area contributed by atoms with Crippen molar-refractivity contribution in [1.82, 2.24) is 4.90 Å². The number of methoxy groups -OCH3 is 1. The van der Waals surface area contributed by atoms with E-state index in [0.717, 1.165) is 5.56 Å². The van der Waals surface area contributed by atoms with Crippen molar-refractivity contribution < 1.29 is 14.3 Å². The molecule has 2 rings (SSSR count). The molecule has 0 aromatic heterocycles. The Morgan fingerprint density at radius 1 is 1.43 bits per heavy atom. The summed E-state index contributed by atoms with van der Waals surface area (Å²) in [5.41, 5.74) is 5.18. The summed E-state index contributed by atoms with van der Waals surface area (Å²) in [6.07, 6.45) is 1.06. The summed E-state index contributed by atoms with van der Waals surface area (Å²) < 4.78 is 5.29. The van der Waals surface area contributed by atoms with E-state index in [-0.39, 0.29) is 5.91 Å². The van der Waals surface area contributed by atoms with Gasteiger partial charge in [-0.25, -0.2) is 0 Å². The predicted octanol–water partition coefficient (Wildman–Crippen LogP) is 1.96. The average Bonchev–Trinajstić information content (AvgIpc) is 3.26. The predicted molar refractivity (Wildman–Crippen MR) is 80.0 cm³/mol. The molecule has 1 fully saturated rings. The van der Waals surface area contributed by atoms with Crippen molar-refractivity contribution in [3.05, 3.63) is 28.8 Å². The molecule has 1 saturated carbocycles. The van der Waals surface area contributed by atoms with Gasteiger partial charge in [0.15, 0.2) is 0 Å². The molecule has 114 valence electrons. The summed E-state index contributed by atoms with van der Waals surface area (Å²) >= 11 is 6.00. The first-order valence-corrected chi connectivity index (χ1v) is 7.24. The van der Waals surface area contributed by atoms with E-state index >= 15 is 0 Å². The van der Waals surface area contributed by atoms with Crippen LogP contribution >= 0.6 is 11.6 Å². The summed E-state index contributed by atoms with van der Waals surface area (Å²) in [6, 6.07) is 5.25. The molecule has 0 bridgehead atoms. The topological polar surface area (TPSA) is 72.6 Å². The summed E-state index contributed by atoms with van der Waals surface area (Å²) in [5.74, 6) is -0.0851. The van der Waals surface area contributed by atoms with Crippen LogP contribution in [0.3, 0.4) is 0 Å². The molecule has 0 radical (unpaired) electrons. The molecule has 2 amide bonds. The van der Waals surface area contributed by atoms with Gasteiger partial charge in [-0.2, -0.15) is 0 Å². The number of halogens is 1. The first-order chi connectivity index (χ1) is 9.94. The van der Waals surface area contributed by atoms with E-state index < -0.39 is 11.3 Å². The van der Waals surface area contributed by atoms with Gasteiger partial charge in [0.25, 0.3) is 0 Å². The highest BCUT2D eigenvalue weighted by Gasteiger charge is 2.56. The van der Waals surface area contributed by atoms with Gasteiger partial charge >= 0.3 is 0 Å². The van der Waals surface area contributed by atoms with E-state index in [1.165, 1.54) is 0 Å². The van der Waals surface area contributed by atoms with Crippen LogP contribution in [0.2, 0.25) is 5.02 Å². The van der Waals surface area contributed by atoms with Gasteiger partial charge in [0.05, 0.1) is 7.11 Å². The number of nitrogens with two attached hydrogens (primary N) is 1. The maximum atomic E-state index is 12.5. The Morgan fingerprint density at radius 3 is 2.57 bits per heavy atom. The fourth-order valence-corrected chi connectivity index (χ4v) is 2.59. The first kappa shape index (κ1) is 15.6. The van der Waals surface area contributed by atoms with Crippen LogP contribution in [-0.4, -0.2) is 30.4 Å². The quantitative estimate of drug-likeness (QED) is 0.816. The normalized spacial score (nSPS) is 15.4. The summed E-state index contributed by atoms with van der Waals surface area (Å²) in [4.78, 5) is 25.7. The second kappa shape index (κ2) is 5.93. The Kier molecular flexibility index (Phi) is 4.42. The minimum Gasteiger partial charge on any atom is -0.496 e. The van der Waals surface area contributed by atoms with Crippen molar-refractivity contribution in [3.8, 4) is 5.75 Å². The lowest BCUT2D eigenvalue weighted by atomic mass is 10.0. The Hall–Kier alpha value is -1.75. The van der Waals surface area contributed by atoms with Gasteiger partial charge in [-0.05, 0) is 38.0 Å². The first-order valence-electron chi connectivity index (χ1n) is 6.86. The smallest absolute Gasteiger partial charge is 0.238 e. The molecule has 6 heteroatoms. The molecular formula is C15H19ClN2O3. The third kappa shape index (κ3) is 2.97. The minimum absolute atomic E-state index is 0.209. The number of benzene rings is 1. The SMILES string of the molecule is CCN(Cc1cc(Cl)ccc1OC)C(=O)C1(C(N)=O)CC1. The van der Waals surface area contributed by atoms with Gasteiger partial charge < -0.3 is 15.4 Å². The number of nitrogens with zero attached hydrogens (tertiary/aromatic N) is 1. The number of rotatable bonds is 6. The van der Waals surface area contributed by atoms with Crippen molar-refractivity contribution in [2.24, 2.45) is 11.1 Å². The number of carbonyl (C=O) groups is 2. The van der Waals surface area contributed by atoms with Crippen LogP contribution in [0.25, 0.3) is 0 Å². The Morgan fingerprint density at radius 2 is 2.10 bits per heavy atom. The van der Waals surface area contributed by atoms with Crippen molar-refractivity contribution in [3.63, 3.8) is 0 Å². The molecule has 1 aliphatic rings. The van der Waals surface area contributed by atoms with Crippen LogP contribution in [0.4, 0.5) is 0 Å². The highest BCUT2D eigenvalue weighted by atomic mass is 35.5. The largest absolute Gasteiger partial charge is 0.496 e. The molecule has 2 N–H and O–H groups in total. The van der Waals surface area contributed by atoms with Gasteiger partial charge in [0, 0.05) is 23.7 Å². The Labute approximate surface area is 129 Å². The van der Waals surface area contributed by atoms with Crippen LogP contribution in [0.1, 0.15) is 25.3 Å². The van der Waals surface area contributed by atoms with Crippen LogP contribution in [0, 0.1) is 5.41 Å². The molecule has 0 saturated heterocycles. The van der Waals surface area contributed by atoms with Crippen molar-refractivity contribution >= 4 is 23.4 Å². The molecule has 5 nitrogen and oxygen atoms in total. The molecule has 1 aromatic rings. The lowest BCUT2D eigenvalue weighted by molar-refractivity contribution is -0.143. The second-order valence-electron chi connectivity index (χ2n) is 5.22. The summed E-state index contributed by atoms with van der Waals surface area (Å²) in [5, 5.41) is 0.574. The zero-order valence-corrected chi connectivity index (χ0v) is 12.9. The number of ether oxygens (including phenoxy) is 1. The molecule has 0 unspecified atom stereocenters. The molecule has 0 spiro atoms. The van der Waals surface area contributed by atoms with Crippen LogP contribution in [0.15, 0.2) is 18.2 Å². The van der Waals surface area contributed by atoms with Crippen LogP contribution < -0.4 is 10.5 Å². The lowest BCUT2D eigenvalue weighted by Gasteiger charge is -2.25. The number of primary amides is 1. The second-order valence-corrected chi connectivity index (χ2v) is 5.66. The number of hydrogen-bond donors (Lipinski definition) is 1. The van der Waals surface area contributed by atoms with Gasteiger partial charge in [-0.3, -0.25) is 9.59 Å². The van der Waals surface area contributed by atoms with E-state index in [0.29, 0.717) is 36.7 Å². The van der Waals surface area contributed by atoms with Gasteiger partial charge in [-0.15, -0.1) is 0 Å². The van der Waals surface area contributed by atoms with E-state index in [9.17, 15) is 9.59 Å². The highest BCUT2D eigenvalue weighted by Crippen LogP contribution is 2.47. The monoisotopic (exact) mass is 310 g/mol. The van der Waals surface area contributed by atoms with Gasteiger partial charge in [0.1, 0.15) is 11.2 Å². The molecule has 1 aliphatic carbocycles. The molecule has 21 heavy (non-hydrogen) atoms. The number of carbonyl (C=O) groups excluding carboxylic acids is 2. The summed E-state index contributed by atoms with van der Waals surface area (Å²) in [7, 11) is 1.57. The fourth-order valence-electron chi connectivity index (χ4n) is 2.40. The van der Waals surface area contributed by atoms with Gasteiger partial charge in [-0.1, -0.05) is 11.6 Å². The van der Waals surface area contributed by atoms with Crippen molar-refractivity contribution in [2.45, 2.75) is 26.3 Å². The maximum Gasteiger partial charge on any atom is 0.238 e. The zero-order chi connectivity index (χ0) is 15.6. The minimum atomic E-state index is -0.998. The molecule has 0 heterocycles. The van der Waals surface area contributed by atoms with Crippen LogP contribution in [0.5, 0.6) is 5.75 Å². The van der Waals surface area contributed by atoms with E-state index in [1.807, 2.05) is 6.92 Å². The average molecular weight is 311 g/mol. The maximum absolute atomic E-state index is 12.5. The third-order valence-electron chi connectivity index (χ3n) is 3.90. The van der Waals surface area contributed by atoms with Crippen LogP contribution in [-0.2, 0) is 16.1 Å². The number of amides is 2. The molecule has 1 aromatic carbocycles. The van der Waals surface area contributed by atoms with E-state index in [2.05, 4.69) is 0 Å². The van der Waals surface area contributed by atoms with E-state index in [4.69, 9.17) is 22.1 Å². The molecule has 0 aliphatic heterocycles.